The lowest BCUT2D eigenvalue weighted by Gasteiger charge is -2.09. The molecule has 0 aliphatic rings. The first-order chi connectivity index (χ1) is 9.61. The molecule has 0 fully saturated rings. The molecule has 0 aliphatic carbocycles. The van der Waals surface area contributed by atoms with E-state index in [0.717, 1.165) is 5.56 Å². The molecule has 2 aromatic carbocycles. The van der Waals surface area contributed by atoms with Crippen LogP contribution in [0, 0.1) is 10.1 Å². The second-order valence-electron chi connectivity index (χ2n) is 4.10. The van der Waals surface area contributed by atoms with Gasteiger partial charge in [0.05, 0.1) is 11.5 Å². The fourth-order valence-electron chi connectivity index (χ4n) is 1.69. The zero-order chi connectivity index (χ0) is 14.5. The quantitative estimate of drug-likeness (QED) is 0.678. The van der Waals surface area contributed by atoms with Crippen LogP contribution in [-0.4, -0.2) is 10.0 Å². The van der Waals surface area contributed by atoms with Gasteiger partial charge in [-0.1, -0.05) is 29.8 Å². The predicted molar refractivity (Wildman–Crippen MR) is 74.8 cm³/mol. The second-order valence-corrected chi connectivity index (χ2v) is 4.50. The van der Waals surface area contributed by atoms with Crippen LogP contribution in [-0.2, 0) is 13.2 Å². The molecule has 0 aromatic heterocycles. The summed E-state index contributed by atoms with van der Waals surface area (Å²) in [4.78, 5) is 10.4. The van der Waals surface area contributed by atoms with Crippen LogP contribution in [0.15, 0.2) is 42.5 Å². The van der Waals surface area contributed by atoms with Gasteiger partial charge in [0.2, 0.25) is 0 Å². The van der Waals surface area contributed by atoms with E-state index >= 15 is 0 Å². The minimum atomic E-state index is -0.525. The average molecular weight is 294 g/mol. The van der Waals surface area contributed by atoms with Crippen LogP contribution in [0.1, 0.15) is 11.1 Å². The zero-order valence-electron chi connectivity index (χ0n) is 10.5. The van der Waals surface area contributed by atoms with E-state index in [0.29, 0.717) is 10.6 Å². The van der Waals surface area contributed by atoms with Crippen molar-refractivity contribution in [3.63, 3.8) is 0 Å². The highest BCUT2D eigenvalue weighted by Gasteiger charge is 2.16. The van der Waals surface area contributed by atoms with E-state index in [1.54, 1.807) is 18.2 Å². The van der Waals surface area contributed by atoms with Gasteiger partial charge in [0.25, 0.3) is 0 Å². The number of rotatable bonds is 5. The van der Waals surface area contributed by atoms with Gasteiger partial charge >= 0.3 is 5.69 Å². The largest absolute Gasteiger partial charge is 0.482 e. The number of nitro groups is 1. The number of aliphatic hydroxyl groups is 1. The molecular formula is C14H12ClNO4. The number of benzene rings is 2. The summed E-state index contributed by atoms with van der Waals surface area (Å²) >= 11 is 6.00. The molecule has 20 heavy (non-hydrogen) atoms. The SMILES string of the molecule is O=[N+]([O-])c1ccc(CO)cc1OCc1ccccc1Cl. The van der Waals surface area contributed by atoms with Gasteiger partial charge in [-0.25, -0.2) is 0 Å². The molecule has 0 aliphatic heterocycles. The first-order valence-corrected chi connectivity index (χ1v) is 6.24. The van der Waals surface area contributed by atoms with E-state index in [1.165, 1.54) is 18.2 Å². The van der Waals surface area contributed by atoms with Gasteiger partial charge in [0.15, 0.2) is 5.75 Å². The maximum absolute atomic E-state index is 10.9. The van der Waals surface area contributed by atoms with Gasteiger partial charge in [-0.15, -0.1) is 0 Å². The van der Waals surface area contributed by atoms with Gasteiger partial charge in [-0.3, -0.25) is 10.1 Å². The Bertz CT molecular complexity index is 630. The topological polar surface area (TPSA) is 72.6 Å². The van der Waals surface area contributed by atoms with Gasteiger partial charge in [0.1, 0.15) is 6.61 Å². The molecule has 2 rings (SSSR count). The zero-order valence-corrected chi connectivity index (χ0v) is 11.2. The highest BCUT2D eigenvalue weighted by Crippen LogP contribution is 2.29. The summed E-state index contributed by atoms with van der Waals surface area (Å²) < 4.78 is 5.47. The van der Waals surface area contributed by atoms with E-state index in [9.17, 15) is 10.1 Å². The maximum Gasteiger partial charge on any atom is 0.310 e. The Balaban J connectivity index is 2.24. The molecule has 104 valence electrons. The molecular weight excluding hydrogens is 282 g/mol. The number of halogens is 1. The number of hydrogen-bond donors (Lipinski definition) is 1. The van der Waals surface area contributed by atoms with Crippen molar-refractivity contribution in [3.05, 3.63) is 68.7 Å². The van der Waals surface area contributed by atoms with Crippen LogP contribution in [0.25, 0.3) is 0 Å². The van der Waals surface area contributed by atoms with Gasteiger partial charge in [-0.2, -0.15) is 0 Å². The summed E-state index contributed by atoms with van der Waals surface area (Å²) in [5, 5.41) is 20.5. The molecule has 6 heteroatoms. The fourth-order valence-corrected chi connectivity index (χ4v) is 1.88. The Kier molecular flexibility index (Phi) is 4.55. The lowest BCUT2D eigenvalue weighted by atomic mass is 10.2. The maximum atomic E-state index is 10.9. The fraction of sp³-hybridized carbons (Fsp3) is 0.143. The Morgan fingerprint density at radius 3 is 2.65 bits per heavy atom. The van der Waals surface area contributed by atoms with E-state index in [-0.39, 0.29) is 24.7 Å². The van der Waals surface area contributed by atoms with Crippen LogP contribution in [0.4, 0.5) is 5.69 Å². The molecule has 0 unspecified atom stereocenters. The molecule has 5 nitrogen and oxygen atoms in total. The molecule has 0 heterocycles. The minimum Gasteiger partial charge on any atom is -0.482 e. The monoisotopic (exact) mass is 293 g/mol. The van der Waals surface area contributed by atoms with Crippen molar-refractivity contribution in [2.75, 3.05) is 0 Å². The number of aliphatic hydroxyl groups excluding tert-OH is 1. The van der Waals surface area contributed by atoms with Gasteiger partial charge in [0, 0.05) is 16.7 Å². The molecule has 2 aromatic rings. The number of ether oxygens (including phenoxy) is 1. The van der Waals surface area contributed by atoms with Crippen LogP contribution in [0.3, 0.4) is 0 Å². The minimum absolute atomic E-state index is 0.112. The smallest absolute Gasteiger partial charge is 0.310 e. The molecule has 0 bridgehead atoms. The summed E-state index contributed by atoms with van der Waals surface area (Å²) in [7, 11) is 0. The molecule has 1 N–H and O–H groups in total. The summed E-state index contributed by atoms with van der Waals surface area (Å²) in [6.07, 6.45) is 0. The number of nitro benzene ring substituents is 1. The highest BCUT2D eigenvalue weighted by atomic mass is 35.5. The predicted octanol–water partition coefficient (Wildman–Crippen LogP) is 3.32. The second kappa shape index (κ2) is 6.36. The molecule has 0 saturated carbocycles. The van der Waals surface area contributed by atoms with Crippen molar-refractivity contribution in [1.29, 1.82) is 0 Å². The van der Waals surface area contributed by atoms with E-state index in [1.807, 2.05) is 6.07 Å². The third kappa shape index (κ3) is 3.26. The summed E-state index contributed by atoms with van der Waals surface area (Å²) in [5.74, 6) is 0.112. The van der Waals surface area contributed by atoms with Crippen LogP contribution in [0.5, 0.6) is 5.75 Å². The third-order valence-electron chi connectivity index (χ3n) is 2.74. The van der Waals surface area contributed by atoms with Crippen LogP contribution < -0.4 is 4.74 Å². The van der Waals surface area contributed by atoms with E-state index in [2.05, 4.69) is 0 Å². The van der Waals surface area contributed by atoms with Crippen LogP contribution in [0.2, 0.25) is 5.02 Å². The first kappa shape index (κ1) is 14.3. The Hall–Kier alpha value is -2.11. The van der Waals surface area contributed by atoms with E-state index < -0.39 is 4.92 Å². The van der Waals surface area contributed by atoms with Crippen molar-refractivity contribution < 1.29 is 14.8 Å². The van der Waals surface area contributed by atoms with E-state index in [4.69, 9.17) is 21.4 Å². The standard InChI is InChI=1S/C14H12ClNO4/c15-12-4-2-1-3-11(12)9-20-14-7-10(8-17)5-6-13(14)16(18)19/h1-7,17H,8-9H2. The van der Waals surface area contributed by atoms with Crippen molar-refractivity contribution in [2.24, 2.45) is 0 Å². The Labute approximate surface area is 120 Å². The summed E-state index contributed by atoms with van der Waals surface area (Å²) in [5.41, 5.74) is 1.14. The Morgan fingerprint density at radius 1 is 1.25 bits per heavy atom. The highest BCUT2D eigenvalue weighted by molar-refractivity contribution is 6.31. The molecule has 0 spiro atoms. The van der Waals surface area contributed by atoms with Gasteiger partial charge in [-0.05, 0) is 23.8 Å². The van der Waals surface area contributed by atoms with Crippen molar-refractivity contribution in [2.45, 2.75) is 13.2 Å². The van der Waals surface area contributed by atoms with Crippen molar-refractivity contribution in [1.82, 2.24) is 0 Å². The number of hydrogen-bond acceptors (Lipinski definition) is 4. The third-order valence-corrected chi connectivity index (χ3v) is 3.11. The normalized spacial score (nSPS) is 10.3. The molecule has 0 atom stereocenters. The summed E-state index contributed by atoms with van der Waals surface area (Å²) in [6.45, 7) is -0.0875. The molecule has 0 saturated heterocycles. The lowest BCUT2D eigenvalue weighted by Crippen LogP contribution is -2.00. The van der Waals surface area contributed by atoms with Gasteiger partial charge < -0.3 is 9.84 Å². The lowest BCUT2D eigenvalue weighted by molar-refractivity contribution is -0.386. The number of nitrogens with zero attached hydrogens (tertiary/aromatic N) is 1. The Morgan fingerprint density at radius 2 is 2.00 bits per heavy atom. The molecule has 0 amide bonds. The molecule has 0 radical (unpaired) electrons. The average Bonchev–Trinajstić information content (AvgIpc) is 2.46. The van der Waals surface area contributed by atoms with Crippen molar-refractivity contribution in [3.8, 4) is 5.75 Å². The van der Waals surface area contributed by atoms with Crippen LogP contribution >= 0.6 is 11.6 Å². The summed E-state index contributed by atoms with van der Waals surface area (Å²) in [6, 6.07) is 11.4. The first-order valence-electron chi connectivity index (χ1n) is 5.86. The van der Waals surface area contributed by atoms with Crippen molar-refractivity contribution >= 4 is 17.3 Å².